The molecule has 158 valence electrons. The van der Waals surface area contributed by atoms with Crippen LogP contribution in [0.2, 0.25) is 0 Å². The third kappa shape index (κ3) is 4.09. The van der Waals surface area contributed by atoms with Gasteiger partial charge in [0.2, 0.25) is 5.95 Å². The van der Waals surface area contributed by atoms with E-state index in [1.165, 1.54) is 0 Å². The van der Waals surface area contributed by atoms with E-state index in [1.54, 1.807) is 25.0 Å². The number of fused-ring (bicyclic) bond motifs is 1. The minimum Gasteiger partial charge on any atom is -0.493 e. The number of aryl methyl sites for hydroxylation is 2. The summed E-state index contributed by atoms with van der Waals surface area (Å²) in [5, 5.41) is 0.544. The highest BCUT2D eigenvalue weighted by Gasteiger charge is 2.17. The minimum atomic E-state index is -0.0714. The summed E-state index contributed by atoms with van der Waals surface area (Å²) in [4.78, 5) is 26.5. The van der Waals surface area contributed by atoms with E-state index in [0.29, 0.717) is 41.3 Å². The van der Waals surface area contributed by atoms with Gasteiger partial charge in [0.25, 0.3) is 5.56 Å². The molecule has 0 N–H and O–H groups in total. The topological polar surface area (TPSA) is 72.7 Å². The van der Waals surface area contributed by atoms with Gasteiger partial charge in [-0.05, 0) is 37.2 Å². The Morgan fingerprint density at radius 1 is 1.03 bits per heavy atom. The molecule has 2 aromatic heterocycles. The van der Waals surface area contributed by atoms with Gasteiger partial charge in [-0.2, -0.15) is 0 Å². The third-order valence-corrected chi connectivity index (χ3v) is 5.58. The van der Waals surface area contributed by atoms with Crippen molar-refractivity contribution in [3.8, 4) is 11.5 Å². The average molecular weight is 409 g/mol. The second kappa shape index (κ2) is 8.71. The van der Waals surface area contributed by atoms with Crippen molar-refractivity contribution in [2.45, 2.75) is 13.0 Å². The van der Waals surface area contributed by atoms with Gasteiger partial charge in [-0.25, -0.2) is 9.97 Å². The fraction of sp³-hybridized carbons (Fsp3) is 0.409. The Bertz CT molecular complexity index is 1090. The highest BCUT2D eigenvalue weighted by Crippen LogP contribution is 2.27. The number of hydrogen-bond donors (Lipinski definition) is 0. The van der Waals surface area contributed by atoms with E-state index < -0.39 is 0 Å². The second-order valence-corrected chi connectivity index (χ2v) is 7.51. The summed E-state index contributed by atoms with van der Waals surface area (Å²) in [5.41, 5.74) is 1.69. The number of methoxy groups -OCH3 is 2. The van der Waals surface area contributed by atoms with Crippen molar-refractivity contribution < 1.29 is 9.47 Å². The molecule has 0 atom stereocenters. The zero-order valence-corrected chi connectivity index (χ0v) is 17.7. The predicted molar refractivity (Wildman–Crippen MR) is 117 cm³/mol. The van der Waals surface area contributed by atoms with Gasteiger partial charge in [0.05, 0.1) is 25.1 Å². The van der Waals surface area contributed by atoms with Gasteiger partial charge in [-0.15, -0.1) is 0 Å². The molecule has 3 heterocycles. The Labute approximate surface area is 175 Å². The van der Waals surface area contributed by atoms with Crippen molar-refractivity contribution in [3.63, 3.8) is 0 Å². The van der Waals surface area contributed by atoms with Gasteiger partial charge < -0.3 is 23.8 Å². The van der Waals surface area contributed by atoms with E-state index in [2.05, 4.69) is 26.8 Å². The van der Waals surface area contributed by atoms with Crippen LogP contribution in [0.25, 0.3) is 10.9 Å². The molecule has 0 amide bonds. The Kier molecular flexibility index (Phi) is 5.85. The first-order valence-electron chi connectivity index (χ1n) is 10.1. The van der Waals surface area contributed by atoms with Gasteiger partial charge in [0, 0.05) is 45.1 Å². The molecular formula is C22H27N5O3. The van der Waals surface area contributed by atoms with Crippen LogP contribution >= 0.6 is 0 Å². The summed E-state index contributed by atoms with van der Waals surface area (Å²) >= 11 is 0. The molecule has 4 rings (SSSR count). The van der Waals surface area contributed by atoms with Gasteiger partial charge in [-0.3, -0.25) is 4.79 Å². The van der Waals surface area contributed by atoms with E-state index in [4.69, 9.17) is 9.47 Å². The number of aromatic nitrogens is 3. The summed E-state index contributed by atoms with van der Waals surface area (Å²) in [6.45, 7) is 4.32. The molecule has 1 saturated heterocycles. The largest absolute Gasteiger partial charge is 0.493 e. The maximum absolute atomic E-state index is 12.9. The van der Waals surface area contributed by atoms with Crippen molar-refractivity contribution in [1.82, 2.24) is 19.4 Å². The van der Waals surface area contributed by atoms with Crippen LogP contribution in [0.5, 0.6) is 11.5 Å². The fourth-order valence-electron chi connectivity index (χ4n) is 3.68. The zero-order valence-electron chi connectivity index (χ0n) is 17.7. The standard InChI is InChI=1S/C22H27N5O3/c1-25-10-12-27(13-11-25)22-23-15-17-18(24-22)7-9-26(21(17)28)8-6-16-4-5-19(29-2)20(14-16)30-3/h4-5,7,9,14-15H,6,8,10-13H2,1-3H3. The van der Waals surface area contributed by atoms with Gasteiger partial charge in [-0.1, -0.05) is 6.07 Å². The van der Waals surface area contributed by atoms with Crippen LogP contribution in [-0.4, -0.2) is 66.9 Å². The molecule has 0 aliphatic carbocycles. The van der Waals surface area contributed by atoms with Crippen molar-refractivity contribution in [3.05, 3.63) is 52.6 Å². The highest BCUT2D eigenvalue weighted by atomic mass is 16.5. The first-order valence-corrected chi connectivity index (χ1v) is 10.1. The number of piperazine rings is 1. The van der Waals surface area contributed by atoms with E-state index >= 15 is 0 Å². The molecule has 3 aromatic rings. The number of nitrogens with zero attached hydrogens (tertiary/aromatic N) is 5. The Morgan fingerprint density at radius 3 is 2.53 bits per heavy atom. The molecule has 0 unspecified atom stereocenters. The first kappa shape index (κ1) is 20.2. The number of hydrogen-bond acceptors (Lipinski definition) is 7. The SMILES string of the molecule is COc1ccc(CCn2ccc3nc(N4CCN(C)CC4)ncc3c2=O)cc1OC. The molecule has 8 heteroatoms. The molecule has 1 aliphatic heterocycles. The van der Waals surface area contributed by atoms with E-state index in [0.717, 1.165) is 31.7 Å². The quantitative estimate of drug-likeness (QED) is 0.615. The van der Waals surface area contributed by atoms with Crippen LogP contribution in [0.3, 0.4) is 0 Å². The van der Waals surface area contributed by atoms with E-state index in [-0.39, 0.29) is 5.56 Å². The van der Waals surface area contributed by atoms with Crippen molar-refractivity contribution in [2.75, 3.05) is 52.3 Å². The van der Waals surface area contributed by atoms with Crippen molar-refractivity contribution in [2.24, 2.45) is 0 Å². The molecular weight excluding hydrogens is 382 g/mol. The summed E-state index contributed by atoms with van der Waals surface area (Å²) < 4.78 is 12.3. The lowest BCUT2D eigenvalue weighted by Gasteiger charge is -2.32. The molecule has 1 aromatic carbocycles. The minimum absolute atomic E-state index is 0.0714. The Hall–Kier alpha value is -3.13. The zero-order chi connectivity index (χ0) is 21.1. The number of anilines is 1. The Morgan fingerprint density at radius 2 is 1.80 bits per heavy atom. The second-order valence-electron chi connectivity index (χ2n) is 7.51. The molecule has 8 nitrogen and oxygen atoms in total. The Balaban J connectivity index is 1.52. The number of likely N-dealkylation sites (N-methyl/N-ethyl adjacent to an activating group) is 1. The number of pyridine rings is 1. The number of ether oxygens (including phenoxy) is 2. The third-order valence-electron chi connectivity index (χ3n) is 5.58. The van der Waals surface area contributed by atoms with E-state index in [1.807, 2.05) is 30.5 Å². The summed E-state index contributed by atoms with van der Waals surface area (Å²) in [6, 6.07) is 7.70. The number of rotatable bonds is 6. The van der Waals surface area contributed by atoms with Crippen LogP contribution in [0, 0.1) is 0 Å². The molecule has 0 saturated carbocycles. The summed E-state index contributed by atoms with van der Waals surface area (Å²) in [5.74, 6) is 2.07. The summed E-state index contributed by atoms with van der Waals surface area (Å²) in [7, 11) is 5.35. The fourth-order valence-corrected chi connectivity index (χ4v) is 3.68. The van der Waals surface area contributed by atoms with Gasteiger partial charge >= 0.3 is 0 Å². The highest BCUT2D eigenvalue weighted by molar-refractivity contribution is 5.77. The smallest absolute Gasteiger partial charge is 0.261 e. The lowest BCUT2D eigenvalue weighted by atomic mass is 10.1. The molecule has 0 radical (unpaired) electrons. The maximum Gasteiger partial charge on any atom is 0.261 e. The average Bonchev–Trinajstić information content (AvgIpc) is 2.78. The molecule has 1 aliphatic rings. The lowest BCUT2D eigenvalue weighted by molar-refractivity contribution is 0.311. The number of benzene rings is 1. The first-order chi connectivity index (χ1) is 14.6. The molecule has 0 bridgehead atoms. The predicted octanol–water partition coefficient (Wildman–Crippen LogP) is 1.80. The molecule has 0 spiro atoms. The van der Waals surface area contributed by atoms with Crippen LogP contribution in [-0.2, 0) is 13.0 Å². The van der Waals surface area contributed by atoms with Gasteiger partial charge in [0.15, 0.2) is 11.5 Å². The molecule has 30 heavy (non-hydrogen) atoms. The van der Waals surface area contributed by atoms with Crippen molar-refractivity contribution in [1.29, 1.82) is 0 Å². The van der Waals surface area contributed by atoms with Crippen molar-refractivity contribution >= 4 is 16.9 Å². The van der Waals surface area contributed by atoms with Crippen LogP contribution in [0.4, 0.5) is 5.95 Å². The van der Waals surface area contributed by atoms with E-state index in [9.17, 15) is 4.79 Å². The van der Waals surface area contributed by atoms with Crippen LogP contribution in [0.1, 0.15) is 5.56 Å². The monoisotopic (exact) mass is 409 g/mol. The summed E-state index contributed by atoms with van der Waals surface area (Å²) in [6.07, 6.45) is 4.17. The normalized spacial score (nSPS) is 14.8. The lowest BCUT2D eigenvalue weighted by Crippen LogP contribution is -2.45. The van der Waals surface area contributed by atoms with Crippen LogP contribution in [0.15, 0.2) is 41.5 Å². The van der Waals surface area contributed by atoms with Crippen LogP contribution < -0.4 is 19.9 Å². The van der Waals surface area contributed by atoms with Gasteiger partial charge in [0.1, 0.15) is 0 Å². The maximum atomic E-state index is 12.9. The molecule has 1 fully saturated rings.